The number of carbonyl (C=O) groups is 1. The Labute approximate surface area is 195 Å². The first kappa shape index (κ1) is 23.1. The Kier molecular flexibility index (Phi) is 7.45. The number of nitrogens with one attached hydrogen (secondary N) is 1. The molecule has 3 aromatic rings. The Bertz CT molecular complexity index is 1150. The predicted molar refractivity (Wildman–Crippen MR) is 133 cm³/mol. The number of likely N-dealkylation sites (tertiary alicyclic amines) is 1. The maximum absolute atomic E-state index is 13.2. The van der Waals surface area contributed by atoms with Gasteiger partial charge in [-0.15, -0.1) is 0 Å². The maximum atomic E-state index is 13.2. The van der Waals surface area contributed by atoms with Crippen LogP contribution in [-0.2, 0) is 0 Å². The Balaban J connectivity index is 1.53. The van der Waals surface area contributed by atoms with Crippen LogP contribution in [0.4, 0.5) is 0 Å². The quantitative estimate of drug-likeness (QED) is 0.521. The van der Waals surface area contributed by atoms with Crippen LogP contribution in [0.25, 0.3) is 16.5 Å². The van der Waals surface area contributed by atoms with Crippen LogP contribution in [0, 0.1) is 0 Å². The van der Waals surface area contributed by atoms with Crippen LogP contribution < -0.4 is 15.6 Å². The lowest BCUT2D eigenvalue weighted by molar-refractivity contribution is 0.0948. The van der Waals surface area contributed by atoms with Crippen molar-refractivity contribution in [1.29, 1.82) is 0 Å². The molecule has 1 N–H and O–H groups in total. The number of amides is 1. The van der Waals surface area contributed by atoms with Crippen molar-refractivity contribution in [1.82, 2.24) is 14.8 Å². The Morgan fingerprint density at radius 3 is 2.58 bits per heavy atom. The van der Waals surface area contributed by atoms with Gasteiger partial charge in [0.15, 0.2) is 0 Å². The summed E-state index contributed by atoms with van der Waals surface area (Å²) < 4.78 is 6.76. The van der Waals surface area contributed by atoms with Gasteiger partial charge in [0.1, 0.15) is 5.75 Å². The third-order valence-corrected chi connectivity index (χ3v) is 6.65. The van der Waals surface area contributed by atoms with E-state index in [9.17, 15) is 9.59 Å². The van der Waals surface area contributed by atoms with E-state index in [-0.39, 0.29) is 11.5 Å². The zero-order valence-corrected chi connectivity index (χ0v) is 19.5. The molecule has 1 amide bonds. The van der Waals surface area contributed by atoms with Gasteiger partial charge in [0.2, 0.25) is 0 Å². The highest BCUT2D eigenvalue weighted by molar-refractivity contribution is 6.06. The van der Waals surface area contributed by atoms with E-state index >= 15 is 0 Å². The first-order valence-corrected chi connectivity index (χ1v) is 11.9. The molecule has 1 aliphatic rings. The van der Waals surface area contributed by atoms with E-state index in [1.807, 2.05) is 30.3 Å². The molecule has 2 heterocycles. The average Bonchev–Trinajstić information content (AvgIpc) is 2.87. The fourth-order valence-corrected chi connectivity index (χ4v) is 4.80. The zero-order valence-electron chi connectivity index (χ0n) is 19.5. The van der Waals surface area contributed by atoms with E-state index < -0.39 is 0 Å². The van der Waals surface area contributed by atoms with Crippen molar-refractivity contribution in [2.24, 2.45) is 0 Å². The number of carbonyl (C=O) groups excluding carboxylic acids is 1. The van der Waals surface area contributed by atoms with Gasteiger partial charge in [0.25, 0.3) is 11.5 Å². The van der Waals surface area contributed by atoms with Gasteiger partial charge < -0.3 is 15.0 Å². The molecule has 6 heteroatoms. The van der Waals surface area contributed by atoms with Crippen molar-refractivity contribution in [3.63, 3.8) is 0 Å². The van der Waals surface area contributed by atoms with Crippen molar-refractivity contribution in [2.45, 2.75) is 45.1 Å². The second kappa shape index (κ2) is 10.7. The number of aromatic nitrogens is 1. The van der Waals surface area contributed by atoms with E-state index in [4.69, 9.17) is 4.74 Å². The summed E-state index contributed by atoms with van der Waals surface area (Å²) in [7, 11) is 1.60. The summed E-state index contributed by atoms with van der Waals surface area (Å²) in [5.41, 5.74) is 1.05. The highest BCUT2D eigenvalue weighted by atomic mass is 16.5. The molecule has 2 aromatic carbocycles. The molecule has 174 valence electrons. The summed E-state index contributed by atoms with van der Waals surface area (Å²) in [6, 6.07) is 15.2. The minimum Gasteiger partial charge on any atom is -0.497 e. The number of nitrogens with zero attached hydrogens (tertiary/aromatic N) is 2. The van der Waals surface area contributed by atoms with Gasteiger partial charge in [-0.2, -0.15) is 0 Å². The topological polar surface area (TPSA) is 63.6 Å². The third kappa shape index (κ3) is 5.11. The van der Waals surface area contributed by atoms with Gasteiger partial charge in [0, 0.05) is 41.8 Å². The number of methoxy groups -OCH3 is 1. The van der Waals surface area contributed by atoms with Gasteiger partial charge in [-0.25, -0.2) is 0 Å². The molecule has 1 fully saturated rings. The minimum atomic E-state index is -0.154. The lowest BCUT2D eigenvalue weighted by atomic mass is 10.00. The van der Waals surface area contributed by atoms with Crippen molar-refractivity contribution in [3.05, 3.63) is 70.6 Å². The highest BCUT2D eigenvalue weighted by Crippen LogP contribution is 2.21. The summed E-state index contributed by atoms with van der Waals surface area (Å²) in [5.74, 6) is 0.559. The van der Waals surface area contributed by atoms with E-state index in [0.29, 0.717) is 40.4 Å². The number of pyridine rings is 1. The lowest BCUT2D eigenvalue weighted by Crippen LogP contribution is -2.40. The van der Waals surface area contributed by atoms with Gasteiger partial charge in [-0.1, -0.05) is 31.5 Å². The lowest BCUT2D eigenvalue weighted by Gasteiger charge is -2.35. The second-order valence-corrected chi connectivity index (χ2v) is 8.66. The van der Waals surface area contributed by atoms with Crippen molar-refractivity contribution >= 4 is 16.7 Å². The largest absolute Gasteiger partial charge is 0.497 e. The Morgan fingerprint density at radius 2 is 1.85 bits per heavy atom. The molecule has 6 nitrogen and oxygen atoms in total. The van der Waals surface area contributed by atoms with E-state index in [2.05, 4.69) is 17.1 Å². The molecule has 33 heavy (non-hydrogen) atoms. The molecule has 0 aliphatic carbocycles. The number of benzene rings is 2. The molecule has 1 saturated heterocycles. The van der Waals surface area contributed by atoms with Crippen LogP contribution in [0.2, 0.25) is 0 Å². The van der Waals surface area contributed by atoms with Gasteiger partial charge in [-0.05, 0) is 62.6 Å². The van der Waals surface area contributed by atoms with Crippen LogP contribution in [-0.4, -0.2) is 48.2 Å². The van der Waals surface area contributed by atoms with Crippen LogP contribution in [0.1, 0.15) is 49.4 Å². The van der Waals surface area contributed by atoms with E-state index in [1.165, 1.54) is 30.3 Å². The molecule has 4 rings (SSSR count). The highest BCUT2D eigenvalue weighted by Gasteiger charge is 2.20. The Hall–Kier alpha value is -3.12. The number of hydrogen-bond donors (Lipinski definition) is 1. The molecule has 1 aromatic heterocycles. The maximum Gasteiger partial charge on any atom is 0.262 e. The fraction of sp³-hybridized carbons (Fsp3) is 0.407. The normalized spacial score (nSPS) is 16.6. The molecule has 1 atom stereocenters. The average molecular weight is 448 g/mol. The number of rotatable bonds is 8. The number of piperidine rings is 1. The summed E-state index contributed by atoms with van der Waals surface area (Å²) in [5, 5.41) is 4.28. The molecule has 1 aliphatic heterocycles. The number of ether oxygens (including phenoxy) is 1. The zero-order chi connectivity index (χ0) is 23.2. The molecule has 0 bridgehead atoms. The van der Waals surface area contributed by atoms with Crippen LogP contribution in [0.15, 0.2) is 59.5 Å². The molecule has 0 radical (unpaired) electrons. The first-order chi connectivity index (χ1) is 16.1. The van der Waals surface area contributed by atoms with Gasteiger partial charge in [0.05, 0.1) is 12.7 Å². The van der Waals surface area contributed by atoms with E-state index in [1.54, 1.807) is 31.5 Å². The number of hydrogen-bond acceptors (Lipinski definition) is 4. The second-order valence-electron chi connectivity index (χ2n) is 8.66. The van der Waals surface area contributed by atoms with Crippen LogP contribution in [0.3, 0.4) is 0 Å². The fourth-order valence-electron chi connectivity index (χ4n) is 4.80. The van der Waals surface area contributed by atoms with Gasteiger partial charge in [-0.3, -0.25) is 14.2 Å². The molecule has 0 spiro atoms. The number of fused-ring (bicyclic) bond motifs is 1. The van der Waals surface area contributed by atoms with Crippen molar-refractivity contribution in [2.75, 3.05) is 26.7 Å². The minimum absolute atomic E-state index is 0.150. The monoisotopic (exact) mass is 447 g/mol. The standard InChI is InChI=1S/C27H33N3O3/c1-3-20-9-6-7-17-29(20)18-8-16-28-26(31)25-19-30(21-12-14-22(33-2)15-13-21)27(32)24-11-5-4-10-23(24)25/h4-5,10-15,19-20H,3,6-9,16-18H2,1-2H3,(H,28,31)/t20-/m1/s1. The third-order valence-electron chi connectivity index (χ3n) is 6.65. The summed E-state index contributed by atoms with van der Waals surface area (Å²) in [6.07, 6.45) is 7.62. The molecule has 0 saturated carbocycles. The van der Waals surface area contributed by atoms with Crippen molar-refractivity contribution in [3.8, 4) is 11.4 Å². The first-order valence-electron chi connectivity index (χ1n) is 11.9. The van der Waals surface area contributed by atoms with Crippen LogP contribution >= 0.6 is 0 Å². The summed E-state index contributed by atoms with van der Waals surface area (Å²) >= 11 is 0. The molecular weight excluding hydrogens is 414 g/mol. The summed E-state index contributed by atoms with van der Waals surface area (Å²) in [6.45, 7) is 5.03. The molecular formula is C27H33N3O3. The van der Waals surface area contributed by atoms with E-state index in [0.717, 1.165) is 19.5 Å². The molecule has 0 unspecified atom stereocenters. The van der Waals surface area contributed by atoms with Gasteiger partial charge >= 0.3 is 0 Å². The van der Waals surface area contributed by atoms with Crippen molar-refractivity contribution < 1.29 is 9.53 Å². The summed E-state index contributed by atoms with van der Waals surface area (Å²) in [4.78, 5) is 28.9. The SMILES string of the molecule is CC[C@@H]1CCCCN1CCCNC(=O)c1cn(-c2ccc(OC)cc2)c(=O)c2ccccc12. The van der Waals surface area contributed by atoms with Crippen LogP contribution in [0.5, 0.6) is 5.75 Å². The predicted octanol–water partition coefficient (Wildman–Crippen LogP) is 4.38. The Morgan fingerprint density at radius 1 is 1.09 bits per heavy atom. The smallest absolute Gasteiger partial charge is 0.262 e.